The first-order chi connectivity index (χ1) is 9.41. The predicted octanol–water partition coefficient (Wildman–Crippen LogP) is 0.154. The van der Waals surface area contributed by atoms with Gasteiger partial charge in [-0.3, -0.25) is 9.59 Å². The number of aliphatic hydroxyl groups is 1. The molecule has 0 aliphatic carbocycles. The fraction of sp³-hybridized carbons (Fsp3) is 0.308. The second kappa shape index (κ2) is 7.25. The topological polar surface area (TPSA) is 124 Å². The normalized spacial score (nSPS) is 13.2. The Labute approximate surface area is 114 Å². The highest BCUT2D eigenvalue weighted by Gasteiger charge is 2.25. The van der Waals surface area contributed by atoms with Gasteiger partial charge in [-0.15, -0.1) is 0 Å². The molecule has 0 aliphatic rings. The first-order valence-corrected chi connectivity index (χ1v) is 5.89. The van der Waals surface area contributed by atoms with E-state index in [4.69, 9.17) is 10.2 Å². The summed E-state index contributed by atoms with van der Waals surface area (Å²) in [5.74, 6) is -3.39. The van der Waals surface area contributed by atoms with E-state index in [1.54, 1.807) is 18.2 Å². The molecule has 0 radical (unpaired) electrons. The largest absolute Gasteiger partial charge is 0.481 e. The minimum atomic E-state index is -1.50. The van der Waals surface area contributed by atoms with Crippen molar-refractivity contribution in [3.63, 3.8) is 0 Å². The number of carbonyl (C=O) groups is 3. The van der Waals surface area contributed by atoms with Crippen molar-refractivity contribution in [2.45, 2.75) is 25.0 Å². The number of aliphatic carboxylic acids is 2. The predicted molar refractivity (Wildman–Crippen MR) is 67.8 cm³/mol. The molecule has 1 amide bonds. The zero-order valence-corrected chi connectivity index (χ0v) is 10.5. The van der Waals surface area contributed by atoms with Crippen molar-refractivity contribution >= 4 is 17.8 Å². The summed E-state index contributed by atoms with van der Waals surface area (Å²) in [4.78, 5) is 33.1. The van der Waals surface area contributed by atoms with Gasteiger partial charge in [0.25, 0.3) is 5.91 Å². The highest BCUT2D eigenvalue weighted by atomic mass is 16.4. The molecule has 1 aromatic rings. The van der Waals surface area contributed by atoms with Crippen molar-refractivity contribution in [2.75, 3.05) is 0 Å². The molecule has 4 N–H and O–H groups in total. The van der Waals surface area contributed by atoms with Gasteiger partial charge in [-0.25, -0.2) is 4.79 Å². The summed E-state index contributed by atoms with van der Waals surface area (Å²) >= 11 is 0. The molecule has 0 bridgehead atoms. The van der Waals surface area contributed by atoms with Crippen molar-refractivity contribution in [2.24, 2.45) is 0 Å². The van der Waals surface area contributed by atoms with Crippen LogP contribution in [0.15, 0.2) is 30.3 Å². The van der Waals surface area contributed by atoms with Gasteiger partial charge in [0.05, 0.1) is 0 Å². The Kier molecular flexibility index (Phi) is 5.67. The van der Waals surface area contributed by atoms with Crippen LogP contribution in [0.1, 0.15) is 24.5 Å². The zero-order chi connectivity index (χ0) is 15.1. The van der Waals surface area contributed by atoms with Gasteiger partial charge in [-0.1, -0.05) is 30.3 Å². The monoisotopic (exact) mass is 281 g/mol. The molecular formula is C13H15NO6. The maximum absolute atomic E-state index is 11.7. The number of hydrogen-bond donors (Lipinski definition) is 4. The lowest BCUT2D eigenvalue weighted by molar-refractivity contribution is -0.144. The summed E-state index contributed by atoms with van der Waals surface area (Å²) in [5.41, 5.74) is 0.326. The number of hydrogen-bond acceptors (Lipinski definition) is 4. The van der Waals surface area contributed by atoms with Crippen molar-refractivity contribution in [3.8, 4) is 0 Å². The van der Waals surface area contributed by atoms with E-state index < -0.39 is 36.4 Å². The molecule has 2 atom stereocenters. The second-order valence-electron chi connectivity index (χ2n) is 4.15. The third-order valence-electron chi connectivity index (χ3n) is 2.63. The van der Waals surface area contributed by atoms with Crippen molar-refractivity contribution < 1.29 is 29.7 Å². The van der Waals surface area contributed by atoms with Gasteiger partial charge in [0.1, 0.15) is 6.04 Å². The lowest BCUT2D eigenvalue weighted by atomic mass is 10.1. The number of aliphatic hydroxyl groups excluding tert-OH is 1. The molecule has 0 fully saturated rings. The zero-order valence-electron chi connectivity index (χ0n) is 10.5. The van der Waals surface area contributed by atoms with Gasteiger partial charge in [0.2, 0.25) is 0 Å². The Balaban J connectivity index is 2.66. The van der Waals surface area contributed by atoms with E-state index in [0.29, 0.717) is 5.56 Å². The summed E-state index contributed by atoms with van der Waals surface area (Å²) < 4.78 is 0. The molecule has 20 heavy (non-hydrogen) atoms. The quantitative estimate of drug-likeness (QED) is 0.564. The van der Waals surface area contributed by atoms with E-state index in [1.807, 2.05) is 0 Å². The molecule has 0 spiro atoms. The fourth-order valence-corrected chi connectivity index (χ4v) is 1.56. The summed E-state index contributed by atoms with van der Waals surface area (Å²) in [6.07, 6.45) is -2.14. The van der Waals surface area contributed by atoms with Gasteiger partial charge in [-0.2, -0.15) is 0 Å². The van der Waals surface area contributed by atoms with Crippen LogP contribution >= 0.6 is 0 Å². The Bertz CT molecular complexity index is 487. The molecule has 0 saturated carbocycles. The van der Waals surface area contributed by atoms with Crippen LogP contribution in [-0.2, 0) is 14.4 Å². The van der Waals surface area contributed by atoms with Crippen molar-refractivity contribution in [1.82, 2.24) is 5.32 Å². The fourth-order valence-electron chi connectivity index (χ4n) is 1.56. The van der Waals surface area contributed by atoms with E-state index in [9.17, 15) is 19.5 Å². The molecule has 0 saturated heterocycles. The summed E-state index contributed by atoms with van der Waals surface area (Å²) in [6.45, 7) is 0. The molecule has 1 rings (SSSR count). The maximum atomic E-state index is 11.7. The maximum Gasteiger partial charge on any atom is 0.326 e. The lowest BCUT2D eigenvalue weighted by Gasteiger charge is -2.16. The molecule has 7 heteroatoms. The molecule has 108 valence electrons. The highest BCUT2D eigenvalue weighted by Crippen LogP contribution is 2.12. The summed E-state index contributed by atoms with van der Waals surface area (Å²) in [5, 5.41) is 29.3. The van der Waals surface area contributed by atoms with Crippen LogP contribution < -0.4 is 5.32 Å². The number of carbonyl (C=O) groups excluding carboxylic acids is 1. The Morgan fingerprint density at radius 2 is 1.70 bits per heavy atom. The standard InChI is InChI=1S/C13H15NO6/c15-10(16)7-6-9(13(19)20)14-12(18)11(17)8-4-2-1-3-5-8/h1-5,9,11,17H,6-7H2,(H,14,18)(H,15,16)(H,19,20)/t9-,11-/m0/s1. The van der Waals surface area contributed by atoms with Crippen LogP contribution in [0.2, 0.25) is 0 Å². The SMILES string of the molecule is O=C(O)CC[C@H](NC(=O)[C@@H](O)c1ccccc1)C(=O)O. The third-order valence-corrected chi connectivity index (χ3v) is 2.63. The molecular weight excluding hydrogens is 266 g/mol. The van der Waals surface area contributed by atoms with Crippen LogP contribution in [0.3, 0.4) is 0 Å². The molecule has 0 unspecified atom stereocenters. The number of carboxylic acids is 2. The second-order valence-corrected chi connectivity index (χ2v) is 4.15. The Hall–Kier alpha value is -2.41. The van der Waals surface area contributed by atoms with Crippen LogP contribution in [0.25, 0.3) is 0 Å². The molecule has 0 aromatic heterocycles. The minimum absolute atomic E-state index is 0.252. The average Bonchev–Trinajstić information content (AvgIpc) is 2.42. The van der Waals surface area contributed by atoms with Gasteiger partial charge < -0.3 is 20.6 Å². The number of carboxylic acid groups (broad SMARTS) is 2. The van der Waals surface area contributed by atoms with Gasteiger partial charge in [0, 0.05) is 6.42 Å². The van der Waals surface area contributed by atoms with Gasteiger partial charge >= 0.3 is 11.9 Å². The summed E-state index contributed by atoms with van der Waals surface area (Å²) in [7, 11) is 0. The third kappa shape index (κ3) is 4.69. The van der Waals surface area contributed by atoms with E-state index >= 15 is 0 Å². The number of nitrogens with one attached hydrogen (secondary N) is 1. The molecule has 1 aromatic carbocycles. The first kappa shape index (κ1) is 15.6. The summed E-state index contributed by atoms with van der Waals surface area (Å²) in [6, 6.07) is 6.67. The average molecular weight is 281 g/mol. The van der Waals surface area contributed by atoms with E-state index in [0.717, 1.165) is 0 Å². The van der Waals surface area contributed by atoms with Crippen LogP contribution in [0, 0.1) is 0 Å². The van der Waals surface area contributed by atoms with E-state index in [1.165, 1.54) is 12.1 Å². The first-order valence-electron chi connectivity index (χ1n) is 5.89. The van der Waals surface area contributed by atoms with Crippen LogP contribution in [0.5, 0.6) is 0 Å². The van der Waals surface area contributed by atoms with Crippen molar-refractivity contribution in [3.05, 3.63) is 35.9 Å². The molecule has 0 heterocycles. The minimum Gasteiger partial charge on any atom is -0.481 e. The highest BCUT2D eigenvalue weighted by molar-refractivity contribution is 5.87. The van der Waals surface area contributed by atoms with Crippen molar-refractivity contribution in [1.29, 1.82) is 0 Å². The number of rotatable bonds is 7. The smallest absolute Gasteiger partial charge is 0.326 e. The Morgan fingerprint density at radius 3 is 2.20 bits per heavy atom. The van der Waals surface area contributed by atoms with Crippen LogP contribution in [0.4, 0.5) is 0 Å². The molecule has 0 aliphatic heterocycles. The van der Waals surface area contributed by atoms with E-state index in [2.05, 4.69) is 5.32 Å². The van der Waals surface area contributed by atoms with E-state index in [-0.39, 0.29) is 6.42 Å². The number of amides is 1. The molecule has 7 nitrogen and oxygen atoms in total. The van der Waals surface area contributed by atoms with Gasteiger partial charge in [0.15, 0.2) is 6.10 Å². The Morgan fingerprint density at radius 1 is 1.10 bits per heavy atom. The lowest BCUT2D eigenvalue weighted by Crippen LogP contribution is -2.43. The number of benzene rings is 1. The van der Waals surface area contributed by atoms with Crippen LogP contribution in [-0.4, -0.2) is 39.2 Å². The van der Waals surface area contributed by atoms with Gasteiger partial charge in [-0.05, 0) is 12.0 Å².